The van der Waals surface area contributed by atoms with Crippen LogP contribution in [0, 0.1) is 17.8 Å². The zero-order chi connectivity index (χ0) is 22.1. The summed E-state index contributed by atoms with van der Waals surface area (Å²) < 4.78 is 5.35. The average molecular weight is 427 g/mol. The summed E-state index contributed by atoms with van der Waals surface area (Å²) in [6, 6.07) is 5.46. The van der Waals surface area contributed by atoms with Gasteiger partial charge in [-0.2, -0.15) is 0 Å². The molecule has 2 fully saturated rings. The van der Waals surface area contributed by atoms with Crippen molar-refractivity contribution in [2.24, 2.45) is 17.8 Å². The van der Waals surface area contributed by atoms with Crippen LogP contribution in [0.5, 0.6) is 0 Å². The second-order valence-corrected chi connectivity index (χ2v) is 9.26. The largest absolute Gasteiger partial charge is 0.454 e. The third-order valence-corrected chi connectivity index (χ3v) is 6.96. The van der Waals surface area contributed by atoms with E-state index in [2.05, 4.69) is 0 Å². The van der Waals surface area contributed by atoms with Crippen LogP contribution in [0.2, 0.25) is 0 Å². The topological polar surface area (TPSA) is 84.0 Å². The number of ether oxygens (including phenoxy) is 1. The van der Waals surface area contributed by atoms with Crippen molar-refractivity contribution in [3.8, 4) is 0 Å². The fourth-order valence-corrected chi connectivity index (χ4v) is 5.27. The van der Waals surface area contributed by atoms with E-state index in [1.165, 1.54) is 19.3 Å². The molecule has 31 heavy (non-hydrogen) atoms. The maximum Gasteiger partial charge on any atom is 0.330 e. The van der Waals surface area contributed by atoms with Gasteiger partial charge in [0.1, 0.15) is 6.04 Å². The first-order valence-corrected chi connectivity index (χ1v) is 11.3. The molecule has 0 radical (unpaired) electrons. The normalized spacial score (nSPS) is 24.1. The van der Waals surface area contributed by atoms with Gasteiger partial charge < -0.3 is 9.64 Å². The van der Waals surface area contributed by atoms with E-state index in [0.717, 1.165) is 24.3 Å². The van der Waals surface area contributed by atoms with Gasteiger partial charge in [0, 0.05) is 13.1 Å². The van der Waals surface area contributed by atoms with Gasteiger partial charge in [-0.15, -0.1) is 0 Å². The molecule has 7 heteroatoms. The lowest BCUT2D eigenvalue weighted by molar-refractivity contribution is -0.157. The summed E-state index contributed by atoms with van der Waals surface area (Å²) in [6.07, 6.45) is 5.91. The van der Waals surface area contributed by atoms with E-state index in [4.69, 9.17) is 4.74 Å². The minimum absolute atomic E-state index is 0.206. The third kappa shape index (κ3) is 4.10. The standard InChI is InChI=1S/C24H30N2O5/c1-15(2)21(26-22(28)18-9-5-6-10-19(18)23(26)29)24(30)31-14-20(27)25-12-11-16-7-3-4-8-17(16)13-25/h5-6,9-10,15-17,21H,3-4,7-8,11-14H2,1-2H3/t16-,17-,21-/m0/s1. The number of piperidine rings is 1. The van der Waals surface area contributed by atoms with Crippen LogP contribution < -0.4 is 0 Å². The molecule has 1 saturated heterocycles. The number of esters is 1. The molecule has 1 aromatic rings. The number of fused-ring (bicyclic) bond motifs is 2. The molecule has 0 spiro atoms. The number of rotatable bonds is 5. The van der Waals surface area contributed by atoms with Crippen LogP contribution in [0.4, 0.5) is 0 Å². The number of hydrogen-bond donors (Lipinski definition) is 0. The van der Waals surface area contributed by atoms with E-state index in [1.54, 1.807) is 43.0 Å². The molecule has 2 aliphatic heterocycles. The van der Waals surface area contributed by atoms with Crippen molar-refractivity contribution in [1.29, 1.82) is 0 Å². The quantitative estimate of drug-likeness (QED) is 0.534. The molecule has 166 valence electrons. The number of carbonyl (C=O) groups is 4. The van der Waals surface area contributed by atoms with Crippen LogP contribution in [0.3, 0.4) is 0 Å². The van der Waals surface area contributed by atoms with Crippen LogP contribution in [0.25, 0.3) is 0 Å². The minimum atomic E-state index is -1.07. The predicted octanol–water partition coefficient (Wildman–Crippen LogP) is 2.89. The number of likely N-dealkylation sites (tertiary alicyclic amines) is 1. The van der Waals surface area contributed by atoms with Crippen molar-refractivity contribution >= 4 is 23.7 Å². The highest BCUT2D eigenvalue weighted by molar-refractivity contribution is 6.22. The minimum Gasteiger partial charge on any atom is -0.454 e. The third-order valence-electron chi connectivity index (χ3n) is 6.96. The summed E-state index contributed by atoms with van der Waals surface area (Å²) in [5.41, 5.74) is 0.578. The summed E-state index contributed by atoms with van der Waals surface area (Å²) in [6.45, 7) is 4.58. The molecule has 1 aromatic carbocycles. The second-order valence-electron chi connectivity index (χ2n) is 9.26. The SMILES string of the molecule is CC(C)[C@@H](C(=O)OCC(=O)N1CC[C@@H]2CCCC[C@H]2C1)N1C(=O)c2ccccc2C1=O. The summed E-state index contributed by atoms with van der Waals surface area (Å²) in [4.78, 5) is 54.0. The van der Waals surface area contributed by atoms with Gasteiger partial charge in [-0.25, -0.2) is 4.79 Å². The van der Waals surface area contributed by atoms with Gasteiger partial charge in [-0.3, -0.25) is 19.3 Å². The average Bonchev–Trinajstić information content (AvgIpc) is 3.02. The van der Waals surface area contributed by atoms with Gasteiger partial charge in [0.25, 0.3) is 17.7 Å². The van der Waals surface area contributed by atoms with Gasteiger partial charge in [0.15, 0.2) is 6.61 Å². The zero-order valence-electron chi connectivity index (χ0n) is 18.2. The molecule has 3 atom stereocenters. The maximum atomic E-state index is 12.9. The number of imide groups is 1. The molecule has 3 amide bonds. The Hall–Kier alpha value is -2.70. The van der Waals surface area contributed by atoms with Crippen molar-refractivity contribution in [2.75, 3.05) is 19.7 Å². The van der Waals surface area contributed by atoms with Crippen LogP contribution in [-0.4, -0.2) is 59.2 Å². The van der Waals surface area contributed by atoms with Crippen LogP contribution in [0.15, 0.2) is 24.3 Å². The number of nitrogens with zero attached hydrogens (tertiary/aromatic N) is 2. The first-order valence-electron chi connectivity index (χ1n) is 11.3. The highest BCUT2D eigenvalue weighted by atomic mass is 16.5. The van der Waals surface area contributed by atoms with E-state index >= 15 is 0 Å². The highest BCUT2D eigenvalue weighted by Gasteiger charge is 2.45. The van der Waals surface area contributed by atoms with E-state index in [9.17, 15) is 19.2 Å². The summed E-state index contributed by atoms with van der Waals surface area (Å²) >= 11 is 0. The molecule has 3 aliphatic rings. The zero-order valence-corrected chi connectivity index (χ0v) is 18.2. The summed E-state index contributed by atoms with van der Waals surface area (Å²) in [5.74, 6) is -1.01. The fourth-order valence-electron chi connectivity index (χ4n) is 5.27. The van der Waals surface area contributed by atoms with Crippen molar-refractivity contribution in [2.45, 2.75) is 52.0 Å². The first-order chi connectivity index (χ1) is 14.9. The van der Waals surface area contributed by atoms with Crippen molar-refractivity contribution in [3.63, 3.8) is 0 Å². The van der Waals surface area contributed by atoms with Gasteiger partial charge >= 0.3 is 5.97 Å². The number of benzene rings is 1. The Bertz CT molecular complexity index is 861. The van der Waals surface area contributed by atoms with Crippen molar-refractivity contribution in [1.82, 2.24) is 9.80 Å². The Morgan fingerprint density at radius 3 is 2.23 bits per heavy atom. The Balaban J connectivity index is 1.39. The molecule has 0 aromatic heterocycles. The molecule has 0 unspecified atom stereocenters. The first kappa shape index (κ1) is 21.5. The molecular formula is C24H30N2O5. The molecule has 0 bridgehead atoms. The fraction of sp³-hybridized carbons (Fsp3) is 0.583. The smallest absolute Gasteiger partial charge is 0.330 e. The molecule has 0 N–H and O–H groups in total. The summed E-state index contributed by atoms with van der Waals surface area (Å²) in [7, 11) is 0. The number of hydrogen-bond acceptors (Lipinski definition) is 5. The van der Waals surface area contributed by atoms with Gasteiger partial charge in [0.05, 0.1) is 11.1 Å². The Morgan fingerprint density at radius 2 is 1.61 bits per heavy atom. The van der Waals surface area contributed by atoms with Crippen molar-refractivity contribution in [3.05, 3.63) is 35.4 Å². The van der Waals surface area contributed by atoms with E-state index in [0.29, 0.717) is 18.4 Å². The molecule has 1 aliphatic carbocycles. The van der Waals surface area contributed by atoms with E-state index < -0.39 is 23.8 Å². The Kier molecular flexibility index (Phi) is 6.12. The number of amides is 3. The lowest BCUT2D eigenvalue weighted by Gasteiger charge is -2.41. The lowest BCUT2D eigenvalue weighted by atomic mass is 9.75. The van der Waals surface area contributed by atoms with Gasteiger partial charge in [-0.1, -0.05) is 45.2 Å². The molecular weight excluding hydrogens is 396 g/mol. The van der Waals surface area contributed by atoms with Gasteiger partial charge in [-0.05, 0) is 42.7 Å². The number of carbonyl (C=O) groups excluding carboxylic acids is 4. The van der Waals surface area contributed by atoms with Crippen molar-refractivity contribution < 1.29 is 23.9 Å². The Labute approximate surface area is 182 Å². The second kappa shape index (κ2) is 8.81. The van der Waals surface area contributed by atoms with E-state index in [-0.39, 0.29) is 29.6 Å². The van der Waals surface area contributed by atoms with Crippen LogP contribution in [-0.2, 0) is 14.3 Å². The molecule has 4 rings (SSSR count). The predicted molar refractivity (Wildman–Crippen MR) is 113 cm³/mol. The monoisotopic (exact) mass is 426 g/mol. The van der Waals surface area contributed by atoms with Crippen LogP contribution >= 0.6 is 0 Å². The Morgan fingerprint density at radius 1 is 1.00 bits per heavy atom. The highest BCUT2D eigenvalue weighted by Crippen LogP contribution is 2.36. The molecule has 7 nitrogen and oxygen atoms in total. The van der Waals surface area contributed by atoms with Crippen LogP contribution in [0.1, 0.15) is 66.7 Å². The molecule has 2 heterocycles. The molecule has 1 saturated carbocycles. The lowest BCUT2D eigenvalue weighted by Crippen LogP contribution is -2.50. The van der Waals surface area contributed by atoms with E-state index in [1.807, 2.05) is 0 Å². The maximum absolute atomic E-state index is 12.9. The van der Waals surface area contributed by atoms with Gasteiger partial charge in [0.2, 0.25) is 0 Å². The summed E-state index contributed by atoms with van der Waals surface area (Å²) in [5, 5.41) is 0.